The van der Waals surface area contributed by atoms with Gasteiger partial charge in [0.15, 0.2) is 5.78 Å². The van der Waals surface area contributed by atoms with Crippen molar-refractivity contribution in [1.29, 1.82) is 0 Å². The summed E-state index contributed by atoms with van der Waals surface area (Å²) in [6.45, 7) is 7.74. The Morgan fingerprint density at radius 2 is 2.08 bits per heavy atom. The third kappa shape index (κ3) is 1.58. The second-order valence-electron chi connectivity index (χ2n) is 3.47. The maximum atomic E-state index is 11.1. The van der Waals surface area contributed by atoms with Gasteiger partial charge in [0.1, 0.15) is 0 Å². The molecule has 1 heterocycles. The van der Waals surface area contributed by atoms with Crippen molar-refractivity contribution in [2.45, 2.75) is 33.6 Å². The van der Waals surface area contributed by atoms with E-state index in [1.807, 2.05) is 13.0 Å². The second-order valence-corrected chi connectivity index (χ2v) is 3.47. The van der Waals surface area contributed by atoms with E-state index < -0.39 is 0 Å². The Hall–Kier alpha value is -1.05. The molecular formula is C10H15NO. The molecule has 1 aromatic rings. The number of hydrogen-bond acceptors (Lipinski definition) is 1. The first-order valence-electron chi connectivity index (χ1n) is 4.22. The molecular weight excluding hydrogens is 150 g/mol. The van der Waals surface area contributed by atoms with Crippen molar-refractivity contribution in [2.24, 2.45) is 0 Å². The molecule has 0 saturated carbocycles. The number of aryl methyl sites for hydroxylation is 1. The van der Waals surface area contributed by atoms with Crippen LogP contribution in [0.1, 0.15) is 48.4 Å². The number of hydrogen-bond donors (Lipinski definition) is 1. The number of rotatable bonds is 2. The number of ketones is 1. The molecule has 1 aromatic heterocycles. The molecule has 2 heteroatoms. The smallest absolute Gasteiger partial charge is 0.161 e. The summed E-state index contributed by atoms with van der Waals surface area (Å²) in [6.07, 6.45) is 0. The summed E-state index contributed by atoms with van der Waals surface area (Å²) in [5.41, 5.74) is 2.93. The Labute approximate surface area is 73.0 Å². The topological polar surface area (TPSA) is 32.9 Å². The Bertz CT molecular complexity index is 297. The van der Waals surface area contributed by atoms with Gasteiger partial charge in [-0.3, -0.25) is 4.79 Å². The van der Waals surface area contributed by atoms with Crippen molar-refractivity contribution in [1.82, 2.24) is 4.98 Å². The number of nitrogens with one attached hydrogen (secondary N) is 1. The first-order valence-corrected chi connectivity index (χ1v) is 4.22. The summed E-state index contributed by atoms with van der Waals surface area (Å²) >= 11 is 0. The Morgan fingerprint density at radius 1 is 1.50 bits per heavy atom. The molecule has 0 fully saturated rings. The van der Waals surface area contributed by atoms with E-state index in [2.05, 4.69) is 18.8 Å². The highest BCUT2D eigenvalue weighted by Gasteiger charge is 2.09. The largest absolute Gasteiger partial charge is 0.362 e. The number of H-pyrrole nitrogens is 1. The SMILES string of the molecule is CC(=O)c1cc(C(C)C)[nH]c1C. The molecule has 12 heavy (non-hydrogen) atoms. The molecule has 0 atom stereocenters. The molecule has 0 spiro atoms. The Morgan fingerprint density at radius 3 is 2.33 bits per heavy atom. The maximum Gasteiger partial charge on any atom is 0.161 e. The average Bonchev–Trinajstić information content (AvgIpc) is 2.30. The lowest BCUT2D eigenvalue weighted by Crippen LogP contribution is -1.90. The number of carbonyl (C=O) groups excluding carboxylic acids is 1. The first-order chi connectivity index (χ1) is 5.52. The fourth-order valence-corrected chi connectivity index (χ4v) is 1.26. The number of aromatic nitrogens is 1. The van der Waals surface area contributed by atoms with E-state index >= 15 is 0 Å². The lowest BCUT2D eigenvalue weighted by molar-refractivity contribution is 0.101. The minimum absolute atomic E-state index is 0.135. The van der Waals surface area contributed by atoms with Gasteiger partial charge < -0.3 is 4.98 Å². The molecule has 0 aliphatic rings. The van der Waals surface area contributed by atoms with E-state index in [0.29, 0.717) is 5.92 Å². The third-order valence-corrected chi connectivity index (χ3v) is 2.04. The van der Waals surface area contributed by atoms with Gasteiger partial charge in [-0.1, -0.05) is 13.8 Å². The van der Waals surface area contributed by atoms with Crippen LogP contribution in [0.4, 0.5) is 0 Å². The van der Waals surface area contributed by atoms with E-state index in [1.54, 1.807) is 6.92 Å². The van der Waals surface area contributed by atoms with Crippen molar-refractivity contribution in [3.05, 3.63) is 23.0 Å². The Kier molecular flexibility index (Phi) is 2.36. The molecule has 2 nitrogen and oxygen atoms in total. The standard InChI is InChI=1S/C10H15NO/c1-6(2)10-5-9(8(4)12)7(3)11-10/h5-6,11H,1-4H3. The van der Waals surface area contributed by atoms with Gasteiger partial charge in [-0.05, 0) is 25.8 Å². The highest BCUT2D eigenvalue weighted by molar-refractivity contribution is 5.95. The molecule has 1 rings (SSSR count). The predicted molar refractivity (Wildman–Crippen MR) is 49.6 cm³/mol. The van der Waals surface area contributed by atoms with Crippen LogP contribution in [0.25, 0.3) is 0 Å². The summed E-state index contributed by atoms with van der Waals surface area (Å²) < 4.78 is 0. The molecule has 0 bridgehead atoms. The normalized spacial score (nSPS) is 10.8. The lowest BCUT2D eigenvalue weighted by atomic mass is 10.1. The van der Waals surface area contributed by atoms with Crippen molar-refractivity contribution < 1.29 is 4.79 Å². The number of aromatic amines is 1. The molecule has 0 unspecified atom stereocenters. The fourth-order valence-electron chi connectivity index (χ4n) is 1.26. The molecule has 0 radical (unpaired) electrons. The predicted octanol–water partition coefficient (Wildman–Crippen LogP) is 2.65. The van der Waals surface area contributed by atoms with Crippen molar-refractivity contribution in [2.75, 3.05) is 0 Å². The van der Waals surface area contributed by atoms with Gasteiger partial charge in [0.2, 0.25) is 0 Å². The zero-order chi connectivity index (χ0) is 9.30. The monoisotopic (exact) mass is 165 g/mol. The second kappa shape index (κ2) is 3.13. The van der Waals surface area contributed by atoms with Gasteiger partial charge in [-0.25, -0.2) is 0 Å². The summed E-state index contributed by atoms with van der Waals surface area (Å²) in [5, 5.41) is 0. The Balaban J connectivity index is 3.09. The highest BCUT2D eigenvalue weighted by atomic mass is 16.1. The zero-order valence-corrected chi connectivity index (χ0v) is 8.06. The van der Waals surface area contributed by atoms with Crippen LogP contribution in [0.15, 0.2) is 6.07 Å². The van der Waals surface area contributed by atoms with Crippen molar-refractivity contribution >= 4 is 5.78 Å². The number of carbonyl (C=O) groups is 1. The van der Waals surface area contributed by atoms with E-state index in [9.17, 15) is 4.79 Å². The average molecular weight is 165 g/mol. The quantitative estimate of drug-likeness (QED) is 0.671. The van der Waals surface area contributed by atoms with E-state index in [-0.39, 0.29) is 5.78 Å². The van der Waals surface area contributed by atoms with Gasteiger partial charge in [0.25, 0.3) is 0 Å². The molecule has 1 N–H and O–H groups in total. The molecule has 0 saturated heterocycles. The van der Waals surface area contributed by atoms with Crippen LogP contribution in [0, 0.1) is 6.92 Å². The van der Waals surface area contributed by atoms with E-state index in [4.69, 9.17) is 0 Å². The summed E-state index contributed by atoms with van der Waals surface area (Å²) in [6, 6.07) is 1.95. The van der Waals surface area contributed by atoms with Crippen molar-refractivity contribution in [3.8, 4) is 0 Å². The fraction of sp³-hybridized carbons (Fsp3) is 0.500. The molecule has 0 aromatic carbocycles. The van der Waals surface area contributed by atoms with Gasteiger partial charge in [-0.15, -0.1) is 0 Å². The molecule has 0 amide bonds. The van der Waals surface area contributed by atoms with Crippen LogP contribution in [0.5, 0.6) is 0 Å². The van der Waals surface area contributed by atoms with Gasteiger partial charge in [0.05, 0.1) is 0 Å². The molecule has 0 aliphatic heterocycles. The van der Waals surface area contributed by atoms with Gasteiger partial charge in [0, 0.05) is 17.0 Å². The zero-order valence-electron chi connectivity index (χ0n) is 8.06. The van der Waals surface area contributed by atoms with Crippen LogP contribution in [0.2, 0.25) is 0 Å². The number of Topliss-reactive ketones (excluding diaryl/α,β-unsaturated/α-hetero) is 1. The minimum Gasteiger partial charge on any atom is -0.362 e. The molecule has 0 aliphatic carbocycles. The van der Waals surface area contributed by atoms with E-state index in [1.165, 1.54) is 0 Å². The molecule has 66 valence electrons. The summed E-state index contributed by atoms with van der Waals surface area (Å²) in [5.74, 6) is 0.590. The van der Waals surface area contributed by atoms with Crippen molar-refractivity contribution in [3.63, 3.8) is 0 Å². The van der Waals surface area contributed by atoms with Gasteiger partial charge >= 0.3 is 0 Å². The first kappa shape index (κ1) is 9.04. The van der Waals surface area contributed by atoms with Crippen LogP contribution >= 0.6 is 0 Å². The minimum atomic E-state index is 0.135. The lowest BCUT2D eigenvalue weighted by Gasteiger charge is -1.98. The highest BCUT2D eigenvalue weighted by Crippen LogP contribution is 2.17. The van der Waals surface area contributed by atoms with Crippen LogP contribution < -0.4 is 0 Å². The van der Waals surface area contributed by atoms with Crippen LogP contribution in [-0.4, -0.2) is 10.8 Å². The summed E-state index contributed by atoms with van der Waals surface area (Å²) in [4.78, 5) is 14.3. The third-order valence-electron chi connectivity index (χ3n) is 2.04. The van der Waals surface area contributed by atoms with Crippen LogP contribution in [0.3, 0.4) is 0 Å². The summed E-state index contributed by atoms with van der Waals surface area (Å²) in [7, 11) is 0. The maximum absolute atomic E-state index is 11.1. The van der Waals surface area contributed by atoms with Crippen LogP contribution in [-0.2, 0) is 0 Å². The van der Waals surface area contributed by atoms with E-state index in [0.717, 1.165) is 17.0 Å². The van der Waals surface area contributed by atoms with Gasteiger partial charge in [-0.2, -0.15) is 0 Å².